The van der Waals surface area contributed by atoms with Gasteiger partial charge >= 0.3 is 5.97 Å². The van der Waals surface area contributed by atoms with Crippen molar-refractivity contribution in [3.63, 3.8) is 0 Å². The second-order valence-corrected chi connectivity index (χ2v) is 12.9. The van der Waals surface area contributed by atoms with Crippen LogP contribution in [0.1, 0.15) is 58.2 Å². The van der Waals surface area contributed by atoms with Crippen LogP contribution >= 0.6 is 0 Å². The molecule has 0 aliphatic carbocycles. The minimum Gasteiger partial charge on any atom is -0.508 e. The number of carbonyl (C=O) groups excluding carboxylic acids is 6. The molecule has 0 saturated heterocycles. The highest BCUT2D eigenvalue weighted by Crippen LogP contribution is 2.13. The summed E-state index contributed by atoms with van der Waals surface area (Å²) >= 11 is 0. The highest BCUT2D eigenvalue weighted by molar-refractivity contribution is 5.95. The van der Waals surface area contributed by atoms with Crippen molar-refractivity contribution in [1.29, 1.82) is 0 Å². The first-order chi connectivity index (χ1) is 25.6. The van der Waals surface area contributed by atoms with Gasteiger partial charge in [0.05, 0.1) is 51.6 Å². The smallest absolute Gasteiger partial charge is 0.305 e. The second kappa shape index (κ2) is 24.0. The molecule has 1 heterocycles. The lowest BCUT2D eigenvalue weighted by atomic mass is 10.0. The van der Waals surface area contributed by atoms with Crippen molar-refractivity contribution in [2.45, 2.75) is 84.5 Å². The normalized spacial score (nSPS) is 12.6. The van der Waals surface area contributed by atoms with Crippen LogP contribution in [0.3, 0.4) is 0 Å². The Morgan fingerprint density at radius 1 is 0.815 bits per heavy atom. The summed E-state index contributed by atoms with van der Waals surface area (Å²) in [6.07, 6.45) is 1.77. The standard InChI is InChI=1S/C35H52N8O11/c1-22(2)17-28(39-35(52)29(38-24(4)45)18-25-5-8-27(46)9-6-25)34(51)40-30(19-32(48)49)33(50)36-11-13-53-15-16-54-14-12-43-21-26(41-42-43)7-10-31(47)37-20-23(3)44/h5-6,8-9,21-22,28-30,46H,7,10-20H2,1-4H3,(H,36,50)(H,37,47)(H,38,45)(H,39,52)(H,40,51)(H,48,49)/t28-,29+,30+/m1/s1. The molecular weight excluding hydrogens is 708 g/mol. The molecular formula is C35H52N8O11. The molecule has 0 radical (unpaired) electrons. The summed E-state index contributed by atoms with van der Waals surface area (Å²) in [5, 5.41) is 39.7. The number of aromatic nitrogens is 3. The Hall–Kier alpha value is -5.43. The van der Waals surface area contributed by atoms with Gasteiger partial charge in [-0.2, -0.15) is 0 Å². The lowest BCUT2D eigenvalue weighted by Crippen LogP contribution is -2.57. The van der Waals surface area contributed by atoms with Gasteiger partial charge in [0, 0.05) is 38.9 Å². The Morgan fingerprint density at radius 3 is 2.09 bits per heavy atom. The molecule has 3 atom stereocenters. The van der Waals surface area contributed by atoms with E-state index >= 15 is 0 Å². The van der Waals surface area contributed by atoms with Gasteiger partial charge < -0.3 is 46.3 Å². The highest BCUT2D eigenvalue weighted by Gasteiger charge is 2.31. The van der Waals surface area contributed by atoms with Gasteiger partial charge in [0.1, 0.15) is 29.7 Å². The number of carbonyl (C=O) groups is 7. The average molecular weight is 761 g/mol. The molecule has 0 unspecified atom stereocenters. The highest BCUT2D eigenvalue weighted by atomic mass is 16.5. The Kier molecular flexibility index (Phi) is 19.9. The van der Waals surface area contributed by atoms with Gasteiger partial charge in [-0.1, -0.05) is 31.2 Å². The van der Waals surface area contributed by atoms with Crippen molar-refractivity contribution in [3.05, 3.63) is 41.7 Å². The number of amides is 5. The number of ketones is 1. The summed E-state index contributed by atoms with van der Waals surface area (Å²) in [5.74, 6) is -4.43. The molecule has 1 aromatic carbocycles. The fourth-order valence-corrected chi connectivity index (χ4v) is 4.92. The van der Waals surface area contributed by atoms with Gasteiger partial charge in [-0.3, -0.25) is 33.6 Å². The lowest BCUT2D eigenvalue weighted by Gasteiger charge is -2.26. The fourth-order valence-electron chi connectivity index (χ4n) is 4.92. The second-order valence-electron chi connectivity index (χ2n) is 12.9. The monoisotopic (exact) mass is 760 g/mol. The Labute approximate surface area is 313 Å². The predicted octanol–water partition coefficient (Wildman–Crippen LogP) is -0.991. The molecule has 2 rings (SSSR count). The summed E-state index contributed by atoms with van der Waals surface area (Å²) in [4.78, 5) is 85.7. The lowest BCUT2D eigenvalue weighted by molar-refractivity contribution is -0.141. The van der Waals surface area contributed by atoms with Crippen LogP contribution in [-0.4, -0.2) is 124 Å². The average Bonchev–Trinajstić information content (AvgIpc) is 3.56. The van der Waals surface area contributed by atoms with E-state index in [0.29, 0.717) is 30.8 Å². The van der Waals surface area contributed by atoms with Crippen LogP contribution in [0, 0.1) is 5.92 Å². The number of aromatic hydroxyl groups is 1. The van der Waals surface area contributed by atoms with Gasteiger partial charge in [0.2, 0.25) is 29.5 Å². The zero-order chi connectivity index (χ0) is 40.0. The van der Waals surface area contributed by atoms with Crippen LogP contribution in [-0.2, 0) is 62.4 Å². The largest absolute Gasteiger partial charge is 0.508 e. The van der Waals surface area contributed by atoms with E-state index < -0.39 is 54.1 Å². The molecule has 5 amide bonds. The van der Waals surface area contributed by atoms with Gasteiger partial charge in [-0.25, -0.2) is 4.68 Å². The Morgan fingerprint density at radius 2 is 1.46 bits per heavy atom. The third-order valence-electron chi connectivity index (χ3n) is 7.53. The van der Waals surface area contributed by atoms with Gasteiger partial charge in [-0.05, 0) is 37.0 Å². The van der Waals surface area contributed by atoms with Gasteiger partial charge in [0.15, 0.2) is 0 Å². The number of aliphatic carboxylic acids is 1. The number of carboxylic acid groups (broad SMARTS) is 1. The molecule has 1 aromatic heterocycles. The number of phenolic OH excluding ortho intramolecular Hbond substituents is 1. The quantitative estimate of drug-likeness (QED) is 0.0569. The third kappa shape index (κ3) is 18.9. The summed E-state index contributed by atoms with van der Waals surface area (Å²) in [7, 11) is 0. The maximum atomic E-state index is 13.4. The van der Waals surface area contributed by atoms with Crippen molar-refractivity contribution in [1.82, 2.24) is 41.6 Å². The minimum absolute atomic E-state index is 0.00666. The zero-order valence-electron chi connectivity index (χ0n) is 31.1. The number of carboxylic acids is 1. The molecule has 0 fully saturated rings. The Balaban J connectivity index is 1.79. The van der Waals surface area contributed by atoms with E-state index in [2.05, 4.69) is 36.9 Å². The van der Waals surface area contributed by atoms with Crippen LogP contribution in [0.2, 0.25) is 0 Å². The molecule has 2 aromatic rings. The molecule has 0 spiro atoms. The molecule has 19 heteroatoms. The van der Waals surface area contributed by atoms with Crippen molar-refractivity contribution < 1.29 is 53.2 Å². The summed E-state index contributed by atoms with van der Waals surface area (Å²) < 4.78 is 12.6. The van der Waals surface area contributed by atoms with Crippen molar-refractivity contribution in [2.24, 2.45) is 5.92 Å². The van der Waals surface area contributed by atoms with E-state index in [1.807, 2.05) is 13.8 Å². The number of nitrogens with zero attached hydrogens (tertiary/aromatic N) is 3. The zero-order valence-corrected chi connectivity index (χ0v) is 31.1. The number of ether oxygens (including phenoxy) is 2. The molecule has 0 saturated carbocycles. The SMILES string of the molecule is CC(=O)CNC(=O)CCc1cn(CCOCCOCCNC(=O)[C@H](CC(=O)O)NC(=O)[C@@H](CC(C)C)NC(=O)[C@H](Cc2ccc(O)cc2)NC(C)=O)nn1. The van der Waals surface area contributed by atoms with Crippen molar-refractivity contribution in [3.8, 4) is 5.75 Å². The fraction of sp³-hybridized carbons (Fsp3) is 0.571. The summed E-state index contributed by atoms with van der Waals surface area (Å²) in [6.45, 7) is 7.52. The molecule has 54 heavy (non-hydrogen) atoms. The Bertz CT molecular complexity index is 1550. The number of benzene rings is 1. The molecule has 0 bridgehead atoms. The number of hydrogen-bond acceptors (Lipinski definition) is 12. The van der Waals surface area contributed by atoms with Gasteiger partial charge in [0.25, 0.3) is 0 Å². The van der Waals surface area contributed by atoms with Crippen molar-refractivity contribution >= 4 is 41.3 Å². The molecule has 7 N–H and O–H groups in total. The van der Waals surface area contributed by atoms with Crippen LogP contribution < -0.4 is 26.6 Å². The predicted molar refractivity (Wildman–Crippen MR) is 192 cm³/mol. The number of aryl methyl sites for hydroxylation is 1. The van der Waals surface area contributed by atoms with Crippen molar-refractivity contribution in [2.75, 3.05) is 39.5 Å². The van der Waals surface area contributed by atoms with Crippen LogP contribution in [0.4, 0.5) is 0 Å². The first-order valence-corrected chi connectivity index (χ1v) is 17.6. The number of hydrogen-bond donors (Lipinski definition) is 7. The number of Topliss-reactive ketones (excluding diaryl/α,β-unsaturated/α-hetero) is 1. The van der Waals surface area contributed by atoms with E-state index in [4.69, 9.17) is 9.47 Å². The van der Waals surface area contributed by atoms with E-state index in [9.17, 15) is 43.8 Å². The molecule has 0 aliphatic rings. The van der Waals surface area contributed by atoms with Crippen LogP contribution in [0.25, 0.3) is 0 Å². The van der Waals surface area contributed by atoms with E-state index in [1.165, 1.54) is 26.0 Å². The first kappa shape index (κ1) is 44.7. The number of nitrogens with one attached hydrogen (secondary N) is 5. The van der Waals surface area contributed by atoms with E-state index in [-0.39, 0.29) is 75.5 Å². The van der Waals surface area contributed by atoms with E-state index in [1.54, 1.807) is 23.0 Å². The van der Waals surface area contributed by atoms with Crippen LogP contribution in [0.5, 0.6) is 5.75 Å². The van der Waals surface area contributed by atoms with Gasteiger partial charge in [-0.15, -0.1) is 5.10 Å². The first-order valence-electron chi connectivity index (χ1n) is 17.6. The number of phenols is 1. The van der Waals surface area contributed by atoms with E-state index in [0.717, 1.165) is 0 Å². The summed E-state index contributed by atoms with van der Waals surface area (Å²) in [6, 6.07) is 2.41. The van der Waals surface area contributed by atoms with Crippen LogP contribution in [0.15, 0.2) is 30.5 Å². The maximum absolute atomic E-state index is 13.4. The minimum atomic E-state index is -1.45. The maximum Gasteiger partial charge on any atom is 0.305 e. The molecule has 298 valence electrons. The topological polar surface area (TPSA) is 269 Å². The summed E-state index contributed by atoms with van der Waals surface area (Å²) in [5.41, 5.74) is 1.27. The molecule has 19 nitrogen and oxygen atoms in total. The third-order valence-corrected chi connectivity index (χ3v) is 7.53. The number of rotatable bonds is 26. The molecule has 0 aliphatic heterocycles.